The third kappa shape index (κ3) is 3.09. The number of sulfone groups is 1. The Hall–Kier alpha value is -2.11. The van der Waals surface area contributed by atoms with Crippen molar-refractivity contribution < 1.29 is 13.2 Å². The van der Waals surface area contributed by atoms with Crippen LogP contribution < -0.4 is 0 Å². The smallest absolute Gasteiger partial charge is 0.254 e. The molecule has 24 heavy (non-hydrogen) atoms. The van der Waals surface area contributed by atoms with Crippen LogP contribution in [0.15, 0.2) is 53.4 Å². The van der Waals surface area contributed by atoms with Crippen molar-refractivity contribution in [2.75, 3.05) is 19.8 Å². The molecule has 2 aromatic rings. The van der Waals surface area contributed by atoms with Crippen LogP contribution in [0.1, 0.15) is 11.1 Å². The fourth-order valence-corrected chi connectivity index (χ4v) is 3.52. The molecule has 1 aliphatic heterocycles. The summed E-state index contributed by atoms with van der Waals surface area (Å²) in [5, 5.41) is 0.609. The van der Waals surface area contributed by atoms with E-state index in [9.17, 15) is 13.2 Å². The zero-order valence-electron chi connectivity index (χ0n) is 13.3. The van der Waals surface area contributed by atoms with Gasteiger partial charge in [0.15, 0.2) is 9.84 Å². The Kier molecular flexibility index (Phi) is 4.24. The molecule has 1 amide bonds. The van der Waals surface area contributed by atoms with Gasteiger partial charge in [0.1, 0.15) is 0 Å². The van der Waals surface area contributed by atoms with Crippen LogP contribution in [0.4, 0.5) is 0 Å². The van der Waals surface area contributed by atoms with Gasteiger partial charge in [0, 0.05) is 24.9 Å². The topological polar surface area (TPSA) is 54.5 Å². The number of rotatable bonds is 3. The van der Waals surface area contributed by atoms with E-state index >= 15 is 0 Å². The number of carbonyl (C=O) groups excluding carboxylic acids is 1. The number of nitrogens with zero attached hydrogens (tertiary/aromatic N) is 1. The van der Waals surface area contributed by atoms with E-state index in [2.05, 4.69) is 0 Å². The number of amides is 1. The van der Waals surface area contributed by atoms with Gasteiger partial charge in [0.2, 0.25) is 0 Å². The third-order valence-corrected chi connectivity index (χ3v) is 5.40. The monoisotopic (exact) mass is 361 g/mol. The lowest BCUT2D eigenvalue weighted by Crippen LogP contribution is -2.21. The number of hydrogen-bond acceptors (Lipinski definition) is 3. The minimum Gasteiger partial charge on any atom is -0.337 e. The molecule has 0 saturated heterocycles. The fraction of sp³-hybridized carbons (Fsp3) is 0.167. The van der Waals surface area contributed by atoms with Gasteiger partial charge in [0.25, 0.3) is 5.91 Å². The lowest BCUT2D eigenvalue weighted by atomic mass is 9.97. The minimum absolute atomic E-state index is 0.0560. The van der Waals surface area contributed by atoms with E-state index in [1.165, 1.54) is 6.26 Å². The Labute approximate surface area is 146 Å². The zero-order valence-corrected chi connectivity index (χ0v) is 14.9. The molecule has 2 aromatic carbocycles. The highest BCUT2D eigenvalue weighted by molar-refractivity contribution is 7.90. The van der Waals surface area contributed by atoms with Crippen molar-refractivity contribution in [3.63, 3.8) is 0 Å². The average Bonchev–Trinajstić information content (AvgIpc) is 2.83. The van der Waals surface area contributed by atoms with Crippen LogP contribution in [0.2, 0.25) is 5.02 Å². The molecule has 0 fully saturated rings. The van der Waals surface area contributed by atoms with Crippen molar-refractivity contribution in [3.8, 4) is 0 Å². The van der Waals surface area contributed by atoms with Crippen molar-refractivity contribution in [1.82, 2.24) is 4.90 Å². The molecule has 4 nitrogen and oxygen atoms in total. The molecular weight excluding hydrogens is 346 g/mol. The number of carbonyl (C=O) groups is 1. The van der Waals surface area contributed by atoms with Crippen LogP contribution in [-0.2, 0) is 14.6 Å². The van der Waals surface area contributed by atoms with Crippen molar-refractivity contribution in [3.05, 3.63) is 64.7 Å². The molecule has 0 N–H and O–H groups in total. The summed E-state index contributed by atoms with van der Waals surface area (Å²) in [5.74, 6) is -0.0560. The van der Waals surface area contributed by atoms with Gasteiger partial charge >= 0.3 is 0 Å². The highest BCUT2D eigenvalue weighted by Gasteiger charge is 2.29. The van der Waals surface area contributed by atoms with Crippen molar-refractivity contribution in [1.29, 1.82) is 0 Å². The van der Waals surface area contributed by atoms with Gasteiger partial charge in [-0.1, -0.05) is 35.9 Å². The largest absolute Gasteiger partial charge is 0.337 e. The molecule has 0 spiro atoms. The normalized spacial score (nSPS) is 15.3. The fourth-order valence-electron chi connectivity index (χ4n) is 2.76. The highest BCUT2D eigenvalue weighted by atomic mass is 35.5. The first-order valence-electron chi connectivity index (χ1n) is 7.32. The van der Waals surface area contributed by atoms with E-state index < -0.39 is 9.84 Å². The maximum Gasteiger partial charge on any atom is 0.254 e. The van der Waals surface area contributed by atoms with Crippen molar-refractivity contribution in [2.24, 2.45) is 0 Å². The number of hydrogen-bond donors (Lipinski definition) is 0. The molecule has 6 heteroatoms. The molecule has 1 heterocycles. The lowest BCUT2D eigenvalue weighted by molar-refractivity contribution is -0.122. The Balaban J connectivity index is 2.11. The first kappa shape index (κ1) is 16.7. The molecule has 124 valence electrons. The molecule has 3 rings (SSSR count). The lowest BCUT2D eigenvalue weighted by Gasteiger charge is -2.08. The first-order chi connectivity index (χ1) is 11.3. The summed E-state index contributed by atoms with van der Waals surface area (Å²) in [7, 11) is -1.50. The Morgan fingerprint density at radius 3 is 2.04 bits per heavy atom. The van der Waals surface area contributed by atoms with E-state index in [1.807, 2.05) is 12.1 Å². The van der Waals surface area contributed by atoms with Gasteiger partial charge in [-0.15, -0.1) is 0 Å². The van der Waals surface area contributed by atoms with Crippen LogP contribution in [0.25, 0.3) is 11.1 Å². The second-order valence-corrected chi connectivity index (χ2v) is 8.27. The standard InChI is InChI=1S/C18H16ClNO3S/c1-20-11-16(12-5-9-15(10-6-12)24(2,22)23)17(18(20)21)13-3-7-14(19)8-4-13/h3-10H,11H2,1-2H3. The quantitative estimate of drug-likeness (QED) is 0.844. The van der Waals surface area contributed by atoms with Crippen LogP contribution in [-0.4, -0.2) is 39.1 Å². The second kappa shape index (κ2) is 6.07. The van der Waals surface area contributed by atoms with Crippen LogP contribution in [0.5, 0.6) is 0 Å². The van der Waals surface area contributed by atoms with E-state index in [1.54, 1.807) is 48.3 Å². The van der Waals surface area contributed by atoms with E-state index in [4.69, 9.17) is 11.6 Å². The molecule has 0 unspecified atom stereocenters. The summed E-state index contributed by atoms with van der Waals surface area (Å²) < 4.78 is 23.2. The molecule has 0 aromatic heterocycles. The second-order valence-electron chi connectivity index (χ2n) is 5.82. The summed E-state index contributed by atoms with van der Waals surface area (Å²) >= 11 is 5.93. The predicted molar refractivity (Wildman–Crippen MR) is 95.5 cm³/mol. The minimum atomic E-state index is -3.24. The van der Waals surface area contributed by atoms with Crippen LogP contribution in [0.3, 0.4) is 0 Å². The highest BCUT2D eigenvalue weighted by Crippen LogP contribution is 2.34. The Bertz CT molecular complexity index is 929. The van der Waals surface area contributed by atoms with Gasteiger partial charge in [-0.2, -0.15) is 0 Å². The molecular formula is C18H16ClNO3S. The zero-order chi connectivity index (χ0) is 17.5. The predicted octanol–water partition coefficient (Wildman–Crippen LogP) is 3.13. The maximum atomic E-state index is 12.5. The third-order valence-electron chi connectivity index (χ3n) is 4.02. The molecule has 0 atom stereocenters. The summed E-state index contributed by atoms with van der Waals surface area (Å²) in [6, 6.07) is 13.8. The molecule has 0 radical (unpaired) electrons. The van der Waals surface area contributed by atoms with Crippen molar-refractivity contribution in [2.45, 2.75) is 4.90 Å². The molecule has 0 saturated carbocycles. The average molecular weight is 362 g/mol. The maximum absolute atomic E-state index is 12.5. The van der Waals surface area contributed by atoms with Crippen molar-refractivity contribution >= 4 is 38.5 Å². The van der Waals surface area contributed by atoms with E-state index in [0.717, 1.165) is 16.7 Å². The van der Waals surface area contributed by atoms with Gasteiger partial charge in [-0.25, -0.2) is 8.42 Å². The molecule has 0 aliphatic carbocycles. The van der Waals surface area contributed by atoms with Gasteiger partial charge in [-0.3, -0.25) is 4.79 Å². The number of likely N-dealkylation sites (N-methyl/N-ethyl adjacent to an activating group) is 1. The van der Waals surface area contributed by atoms with E-state index in [-0.39, 0.29) is 10.8 Å². The SMILES string of the molecule is CN1CC(c2ccc(S(C)(=O)=O)cc2)=C(c2ccc(Cl)cc2)C1=O. The van der Waals surface area contributed by atoms with Gasteiger partial charge < -0.3 is 4.90 Å². The van der Waals surface area contributed by atoms with Crippen LogP contribution >= 0.6 is 11.6 Å². The number of benzene rings is 2. The van der Waals surface area contributed by atoms with Gasteiger partial charge in [0.05, 0.1) is 10.5 Å². The summed E-state index contributed by atoms with van der Waals surface area (Å²) in [6.07, 6.45) is 1.17. The molecule has 1 aliphatic rings. The Morgan fingerprint density at radius 2 is 1.50 bits per heavy atom. The number of halogens is 1. The summed E-state index contributed by atoms with van der Waals surface area (Å²) in [4.78, 5) is 14.4. The summed E-state index contributed by atoms with van der Waals surface area (Å²) in [6.45, 7) is 0.481. The summed E-state index contributed by atoms with van der Waals surface area (Å²) in [5.41, 5.74) is 3.15. The van der Waals surface area contributed by atoms with E-state index in [0.29, 0.717) is 17.1 Å². The van der Waals surface area contributed by atoms with Gasteiger partial charge in [-0.05, 0) is 41.0 Å². The Morgan fingerprint density at radius 1 is 0.958 bits per heavy atom. The molecule has 0 bridgehead atoms. The van der Waals surface area contributed by atoms with Crippen LogP contribution in [0, 0.1) is 0 Å². The first-order valence-corrected chi connectivity index (χ1v) is 9.59.